The number of allylic oxidation sites excluding steroid dienone is 8. The maximum atomic E-state index is 2.39. The molecule has 0 amide bonds. The molecule has 0 heteroatoms. The quantitative estimate of drug-likeness (QED) is 0.514. The molecule has 0 nitrogen and oxygen atoms in total. The van der Waals surface area contributed by atoms with E-state index in [1.807, 2.05) is 0 Å². The molecule has 0 N–H and O–H groups in total. The number of rotatable bonds is 4. The number of hydrogen-bond acceptors (Lipinski definition) is 0. The third-order valence-corrected chi connectivity index (χ3v) is 6.16. The van der Waals surface area contributed by atoms with Crippen molar-refractivity contribution in [2.75, 3.05) is 0 Å². The highest BCUT2D eigenvalue weighted by Crippen LogP contribution is 2.43. The molecule has 0 aromatic heterocycles. The smallest absolute Gasteiger partial charge is 0.0113 e. The van der Waals surface area contributed by atoms with Crippen LogP contribution in [0, 0.1) is 34.5 Å². The monoisotopic (exact) mass is 314 g/mol. The fraction of sp³-hybridized carbons (Fsp3) is 0.652. The van der Waals surface area contributed by atoms with Crippen molar-refractivity contribution in [1.29, 1.82) is 0 Å². The molecule has 0 aromatic rings. The van der Waals surface area contributed by atoms with Crippen LogP contribution < -0.4 is 0 Å². The van der Waals surface area contributed by atoms with Crippen molar-refractivity contribution in [3.05, 3.63) is 48.6 Å². The van der Waals surface area contributed by atoms with E-state index in [9.17, 15) is 0 Å². The van der Waals surface area contributed by atoms with E-state index in [0.717, 1.165) is 11.8 Å². The summed E-state index contributed by atoms with van der Waals surface area (Å²) in [7, 11) is 0. The lowest BCUT2D eigenvalue weighted by Gasteiger charge is -2.39. The van der Waals surface area contributed by atoms with Gasteiger partial charge in [0.15, 0.2) is 0 Å². The minimum Gasteiger partial charge on any atom is -0.0837 e. The summed E-state index contributed by atoms with van der Waals surface area (Å²) in [6.45, 7) is 18.5. The van der Waals surface area contributed by atoms with Crippen molar-refractivity contribution >= 4 is 0 Å². The summed E-state index contributed by atoms with van der Waals surface area (Å²) in [5, 5.41) is 0. The van der Waals surface area contributed by atoms with Gasteiger partial charge in [0.25, 0.3) is 0 Å². The zero-order valence-electron chi connectivity index (χ0n) is 16.6. The Hall–Kier alpha value is -1.04. The molecule has 2 aliphatic rings. The van der Waals surface area contributed by atoms with Crippen molar-refractivity contribution in [2.45, 2.75) is 61.8 Å². The average molecular weight is 315 g/mol. The fourth-order valence-corrected chi connectivity index (χ4v) is 4.11. The molecule has 0 heterocycles. The van der Waals surface area contributed by atoms with E-state index >= 15 is 0 Å². The molecule has 0 saturated heterocycles. The van der Waals surface area contributed by atoms with Crippen LogP contribution in [0.4, 0.5) is 0 Å². The third kappa shape index (κ3) is 4.28. The lowest BCUT2D eigenvalue weighted by atomic mass is 9.65. The first-order valence-corrected chi connectivity index (χ1v) is 9.40. The van der Waals surface area contributed by atoms with Crippen LogP contribution in [0.3, 0.4) is 0 Å². The Morgan fingerprint density at radius 2 is 1.00 bits per heavy atom. The van der Waals surface area contributed by atoms with Gasteiger partial charge in [0.05, 0.1) is 0 Å². The Balaban J connectivity index is 0.000000231. The SMILES string of the molecule is CC(C)C1(C(C)C)C=CC=C1.CC(C)C1(C(C)C)C=CC=CC1. The normalized spacial score (nSPS) is 20.7. The van der Waals surface area contributed by atoms with Gasteiger partial charge in [-0.05, 0) is 35.5 Å². The maximum absolute atomic E-state index is 2.39. The first kappa shape index (κ1) is 20.0. The highest BCUT2D eigenvalue weighted by Gasteiger charge is 2.34. The largest absolute Gasteiger partial charge is 0.0837 e. The lowest BCUT2D eigenvalue weighted by Crippen LogP contribution is -2.31. The predicted octanol–water partition coefficient (Wildman–Crippen LogP) is 7.21. The van der Waals surface area contributed by atoms with Gasteiger partial charge < -0.3 is 0 Å². The molecule has 2 aliphatic carbocycles. The molecule has 0 aromatic carbocycles. The number of hydrogen-bond donors (Lipinski definition) is 0. The van der Waals surface area contributed by atoms with Crippen LogP contribution in [0.5, 0.6) is 0 Å². The highest BCUT2D eigenvalue weighted by molar-refractivity contribution is 5.26. The Morgan fingerprint density at radius 3 is 1.22 bits per heavy atom. The zero-order chi connectivity index (χ0) is 17.7. The van der Waals surface area contributed by atoms with E-state index in [2.05, 4.69) is 104 Å². The van der Waals surface area contributed by atoms with Crippen molar-refractivity contribution < 1.29 is 0 Å². The van der Waals surface area contributed by atoms with E-state index < -0.39 is 0 Å². The van der Waals surface area contributed by atoms with Crippen LogP contribution in [0.25, 0.3) is 0 Å². The van der Waals surface area contributed by atoms with E-state index in [-0.39, 0.29) is 0 Å². The van der Waals surface area contributed by atoms with Crippen LogP contribution in [0.1, 0.15) is 61.8 Å². The molecule has 130 valence electrons. The van der Waals surface area contributed by atoms with Gasteiger partial charge in [-0.25, -0.2) is 0 Å². The molecular formula is C23H38. The van der Waals surface area contributed by atoms with Crippen LogP contribution in [0.15, 0.2) is 48.6 Å². The minimum atomic E-state index is 0.333. The van der Waals surface area contributed by atoms with E-state index in [1.165, 1.54) is 6.42 Å². The van der Waals surface area contributed by atoms with Gasteiger partial charge in [0.2, 0.25) is 0 Å². The van der Waals surface area contributed by atoms with Crippen molar-refractivity contribution in [1.82, 2.24) is 0 Å². The Kier molecular flexibility index (Phi) is 7.11. The van der Waals surface area contributed by atoms with Gasteiger partial charge in [-0.15, -0.1) is 0 Å². The van der Waals surface area contributed by atoms with Crippen molar-refractivity contribution in [3.8, 4) is 0 Å². The van der Waals surface area contributed by atoms with E-state index in [1.54, 1.807) is 0 Å². The minimum absolute atomic E-state index is 0.333. The third-order valence-electron chi connectivity index (χ3n) is 6.16. The Morgan fingerprint density at radius 1 is 0.565 bits per heavy atom. The molecule has 0 unspecified atom stereocenters. The zero-order valence-corrected chi connectivity index (χ0v) is 16.6. The molecule has 0 spiro atoms. The highest BCUT2D eigenvalue weighted by atomic mass is 14.4. The second-order valence-corrected chi connectivity index (χ2v) is 8.44. The standard InChI is InChI=1S/C12H20.C11H18/c1-10(2)12(11(3)4)8-6-5-7-9-12;1-9(2)11(10(3)4)7-5-6-8-11/h5-8,10-11H,9H2,1-4H3;5-10H,1-4H3. The second kappa shape index (κ2) is 8.18. The van der Waals surface area contributed by atoms with Crippen LogP contribution in [-0.2, 0) is 0 Å². The topological polar surface area (TPSA) is 0 Å². The molecule has 0 saturated carbocycles. The van der Waals surface area contributed by atoms with Crippen LogP contribution >= 0.6 is 0 Å². The molecular weight excluding hydrogens is 276 g/mol. The molecule has 0 aliphatic heterocycles. The fourth-order valence-electron chi connectivity index (χ4n) is 4.11. The molecule has 0 bridgehead atoms. The van der Waals surface area contributed by atoms with Gasteiger partial charge >= 0.3 is 0 Å². The predicted molar refractivity (Wildman–Crippen MR) is 105 cm³/mol. The Bertz CT molecular complexity index is 436. The first-order valence-electron chi connectivity index (χ1n) is 9.40. The van der Waals surface area contributed by atoms with E-state index in [4.69, 9.17) is 0 Å². The second-order valence-electron chi connectivity index (χ2n) is 8.44. The van der Waals surface area contributed by atoms with E-state index in [0.29, 0.717) is 22.7 Å². The van der Waals surface area contributed by atoms with Gasteiger partial charge in [0, 0.05) is 5.41 Å². The van der Waals surface area contributed by atoms with Gasteiger partial charge in [-0.3, -0.25) is 0 Å². The molecule has 0 fully saturated rings. The van der Waals surface area contributed by atoms with Crippen LogP contribution in [0.2, 0.25) is 0 Å². The average Bonchev–Trinajstić information content (AvgIpc) is 2.99. The first-order chi connectivity index (χ1) is 10.7. The van der Waals surface area contributed by atoms with Gasteiger partial charge in [-0.1, -0.05) is 104 Å². The molecule has 23 heavy (non-hydrogen) atoms. The lowest BCUT2D eigenvalue weighted by molar-refractivity contribution is 0.180. The van der Waals surface area contributed by atoms with Crippen LogP contribution in [-0.4, -0.2) is 0 Å². The summed E-state index contributed by atoms with van der Waals surface area (Å²) in [5.74, 6) is 2.88. The van der Waals surface area contributed by atoms with Gasteiger partial charge in [0.1, 0.15) is 0 Å². The summed E-state index contributed by atoms with van der Waals surface area (Å²) in [6, 6.07) is 0. The van der Waals surface area contributed by atoms with Gasteiger partial charge in [-0.2, -0.15) is 0 Å². The molecule has 2 rings (SSSR count). The maximum Gasteiger partial charge on any atom is 0.0113 e. The van der Waals surface area contributed by atoms with Crippen molar-refractivity contribution in [3.63, 3.8) is 0 Å². The summed E-state index contributed by atoms with van der Waals surface area (Å²) in [5.41, 5.74) is 0.745. The Labute approximate surface area is 145 Å². The summed E-state index contributed by atoms with van der Waals surface area (Å²) in [6.07, 6.45) is 19.2. The summed E-state index contributed by atoms with van der Waals surface area (Å²) >= 11 is 0. The van der Waals surface area contributed by atoms with Crippen molar-refractivity contribution in [2.24, 2.45) is 34.5 Å². The summed E-state index contributed by atoms with van der Waals surface area (Å²) < 4.78 is 0. The molecule has 0 atom stereocenters. The molecule has 0 radical (unpaired) electrons. The summed E-state index contributed by atoms with van der Waals surface area (Å²) in [4.78, 5) is 0.